The fourth-order valence-electron chi connectivity index (χ4n) is 2.32. The van der Waals surface area contributed by atoms with Crippen LogP contribution in [0.2, 0.25) is 0 Å². The van der Waals surface area contributed by atoms with Crippen molar-refractivity contribution in [2.75, 3.05) is 0 Å². The molecule has 0 aliphatic rings. The summed E-state index contributed by atoms with van der Waals surface area (Å²) in [4.78, 5) is 12.1. The van der Waals surface area contributed by atoms with E-state index < -0.39 is 0 Å². The van der Waals surface area contributed by atoms with Crippen molar-refractivity contribution < 1.29 is 4.79 Å². The van der Waals surface area contributed by atoms with Crippen LogP contribution in [-0.4, -0.2) is 5.78 Å². The Morgan fingerprint density at radius 3 is 2.11 bits per heavy atom. The van der Waals surface area contributed by atoms with Crippen LogP contribution in [0.25, 0.3) is 0 Å². The molecule has 0 aliphatic heterocycles. The first-order chi connectivity index (χ1) is 9.06. The molecule has 0 saturated carbocycles. The Balaban J connectivity index is 2.42. The zero-order valence-corrected chi connectivity index (χ0v) is 14.0. The van der Waals surface area contributed by atoms with Crippen LogP contribution in [0.5, 0.6) is 0 Å². The van der Waals surface area contributed by atoms with Gasteiger partial charge in [-0.3, -0.25) is 4.79 Å². The summed E-state index contributed by atoms with van der Waals surface area (Å²) in [5.74, 6) is 0.286. The van der Waals surface area contributed by atoms with Gasteiger partial charge in [0.2, 0.25) is 0 Å². The fraction of sp³-hybridized carbons (Fsp3) is 0.588. The molecule has 0 amide bonds. The predicted octanol–water partition coefficient (Wildman–Crippen LogP) is 6.00. The number of aryl methyl sites for hydroxylation is 2. The third kappa shape index (κ3) is 5.48. The lowest BCUT2D eigenvalue weighted by Gasteiger charge is -2.07. The van der Waals surface area contributed by atoms with Crippen molar-refractivity contribution in [3.05, 3.63) is 33.3 Å². The standard InChI is InChI=1S/C17H25BrO/c1-4-5-6-7-8-9-10-16(19)15-11-13(2)17(18)14(3)12-15/h11-12H,4-10H2,1-3H3. The van der Waals surface area contributed by atoms with E-state index in [1.165, 1.54) is 32.1 Å². The van der Waals surface area contributed by atoms with Crippen LogP contribution in [0.15, 0.2) is 16.6 Å². The highest BCUT2D eigenvalue weighted by Gasteiger charge is 2.09. The number of unbranched alkanes of at least 4 members (excludes halogenated alkanes) is 5. The van der Waals surface area contributed by atoms with Gasteiger partial charge in [0.1, 0.15) is 0 Å². The summed E-state index contributed by atoms with van der Waals surface area (Å²) in [6, 6.07) is 3.99. The minimum Gasteiger partial charge on any atom is -0.294 e. The SMILES string of the molecule is CCCCCCCCC(=O)c1cc(C)c(Br)c(C)c1. The van der Waals surface area contributed by atoms with Crippen molar-refractivity contribution in [2.45, 2.75) is 65.7 Å². The number of hydrogen-bond acceptors (Lipinski definition) is 1. The molecule has 106 valence electrons. The van der Waals surface area contributed by atoms with Gasteiger partial charge in [-0.25, -0.2) is 0 Å². The first-order valence-electron chi connectivity index (χ1n) is 7.36. The van der Waals surface area contributed by atoms with Gasteiger partial charge in [0, 0.05) is 16.5 Å². The Morgan fingerprint density at radius 2 is 1.53 bits per heavy atom. The van der Waals surface area contributed by atoms with Crippen LogP contribution < -0.4 is 0 Å². The monoisotopic (exact) mass is 324 g/mol. The highest BCUT2D eigenvalue weighted by atomic mass is 79.9. The molecular formula is C17H25BrO. The molecule has 0 atom stereocenters. The van der Waals surface area contributed by atoms with Gasteiger partial charge in [0.05, 0.1) is 0 Å². The number of rotatable bonds is 8. The molecule has 0 aliphatic carbocycles. The van der Waals surface area contributed by atoms with E-state index in [2.05, 4.69) is 22.9 Å². The number of carbonyl (C=O) groups excluding carboxylic acids is 1. The topological polar surface area (TPSA) is 17.1 Å². The predicted molar refractivity (Wildman–Crippen MR) is 85.9 cm³/mol. The lowest BCUT2D eigenvalue weighted by Crippen LogP contribution is -2.01. The Bertz CT molecular complexity index is 400. The molecule has 0 saturated heterocycles. The zero-order chi connectivity index (χ0) is 14.3. The average Bonchev–Trinajstić information content (AvgIpc) is 2.39. The summed E-state index contributed by atoms with van der Waals surface area (Å²) < 4.78 is 1.11. The van der Waals surface area contributed by atoms with Crippen LogP contribution in [0.4, 0.5) is 0 Å². The van der Waals surface area contributed by atoms with Crippen LogP contribution in [0.1, 0.15) is 73.4 Å². The lowest BCUT2D eigenvalue weighted by atomic mass is 10.00. The van der Waals surface area contributed by atoms with E-state index in [0.29, 0.717) is 6.42 Å². The van der Waals surface area contributed by atoms with Gasteiger partial charge >= 0.3 is 0 Å². The van der Waals surface area contributed by atoms with Crippen molar-refractivity contribution in [2.24, 2.45) is 0 Å². The fourth-order valence-corrected chi connectivity index (χ4v) is 2.55. The molecule has 0 fully saturated rings. The second-order valence-corrected chi connectivity index (χ2v) is 6.16. The van der Waals surface area contributed by atoms with Crippen LogP contribution in [-0.2, 0) is 0 Å². The Hall–Kier alpha value is -0.630. The van der Waals surface area contributed by atoms with E-state index in [0.717, 1.165) is 27.6 Å². The summed E-state index contributed by atoms with van der Waals surface area (Å²) >= 11 is 3.54. The zero-order valence-electron chi connectivity index (χ0n) is 12.4. The van der Waals surface area contributed by atoms with Crippen molar-refractivity contribution in [3.8, 4) is 0 Å². The first-order valence-corrected chi connectivity index (χ1v) is 8.15. The highest BCUT2D eigenvalue weighted by Crippen LogP contribution is 2.23. The summed E-state index contributed by atoms with van der Waals surface area (Å²) in [5.41, 5.74) is 3.16. The molecule has 0 N–H and O–H groups in total. The third-order valence-corrected chi connectivity index (χ3v) is 4.77. The normalized spacial score (nSPS) is 10.7. The highest BCUT2D eigenvalue weighted by molar-refractivity contribution is 9.10. The maximum atomic E-state index is 12.1. The van der Waals surface area contributed by atoms with Gasteiger partial charge in [0.15, 0.2) is 5.78 Å². The molecule has 1 aromatic rings. The third-order valence-electron chi connectivity index (χ3n) is 3.52. The van der Waals surface area contributed by atoms with E-state index >= 15 is 0 Å². The average molecular weight is 325 g/mol. The number of benzene rings is 1. The summed E-state index contributed by atoms with van der Waals surface area (Å²) in [6.45, 7) is 6.30. The summed E-state index contributed by atoms with van der Waals surface area (Å²) in [6.07, 6.45) is 8.06. The molecule has 0 heterocycles. The van der Waals surface area contributed by atoms with E-state index in [-0.39, 0.29) is 5.78 Å². The number of carbonyl (C=O) groups is 1. The van der Waals surface area contributed by atoms with Gasteiger partial charge in [-0.1, -0.05) is 55.0 Å². The maximum absolute atomic E-state index is 12.1. The maximum Gasteiger partial charge on any atom is 0.162 e. The molecule has 0 spiro atoms. The molecule has 0 unspecified atom stereocenters. The van der Waals surface area contributed by atoms with Crippen molar-refractivity contribution in [1.29, 1.82) is 0 Å². The van der Waals surface area contributed by atoms with Crippen LogP contribution in [0.3, 0.4) is 0 Å². The van der Waals surface area contributed by atoms with Gasteiger partial charge in [0.25, 0.3) is 0 Å². The number of halogens is 1. The Kier molecular flexibility index (Phi) is 7.37. The van der Waals surface area contributed by atoms with Crippen LogP contribution in [0, 0.1) is 13.8 Å². The molecule has 0 bridgehead atoms. The van der Waals surface area contributed by atoms with Gasteiger partial charge in [-0.15, -0.1) is 0 Å². The molecular weight excluding hydrogens is 300 g/mol. The second-order valence-electron chi connectivity index (χ2n) is 5.36. The lowest BCUT2D eigenvalue weighted by molar-refractivity contribution is 0.0979. The molecule has 1 rings (SSSR count). The van der Waals surface area contributed by atoms with Gasteiger partial charge < -0.3 is 0 Å². The Labute approximate surface area is 125 Å². The molecule has 19 heavy (non-hydrogen) atoms. The summed E-state index contributed by atoms with van der Waals surface area (Å²) in [7, 11) is 0. The van der Waals surface area contributed by atoms with Crippen LogP contribution >= 0.6 is 15.9 Å². The number of hydrogen-bond donors (Lipinski definition) is 0. The molecule has 0 radical (unpaired) electrons. The quantitative estimate of drug-likeness (QED) is 0.423. The van der Waals surface area contributed by atoms with E-state index in [1.54, 1.807) is 0 Å². The molecule has 0 aromatic heterocycles. The van der Waals surface area contributed by atoms with E-state index in [1.807, 2.05) is 26.0 Å². The first kappa shape index (κ1) is 16.4. The number of ketones is 1. The smallest absolute Gasteiger partial charge is 0.162 e. The molecule has 1 aromatic carbocycles. The minimum absolute atomic E-state index is 0.286. The van der Waals surface area contributed by atoms with E-state index in [9.17, 15) is 4.79 Å². The number of Topliss-reactive ketones (excluding diaryl/α,β-unsaturated/α-hetero) is 1. The van der Waals surface area contributed by atoms with Gasteiger partial charge in [-0.05, 0) is 43.5 Å². The molecule has 2 heteroatoms. The van der Waals surface area contributed by atoms with Gasteiger partial charge in [-0.2, -0.15) is 0 Å². The minimum atomic E-state index is 0.286. The van der Waals surface area contributed by atoms with Crippen molar-refractivity contribution in [1.82, 2.24) is 0 Å². The largest absolute Gasteiger partial charge is 0.294 e. The van der Waals surface area contributed by atoms with E-state index in [4.69, 9.17) is 0 Å². The Morgan fingerprint density at radius 1 is 1.00 bits per heavy atom. The second kappa shape index (κ2) is 8.52. The summed E-state index contributed by atoms with van der Waals surface area (Å²) in [5, 5.41) is 0. The van der Waals surface area contributed by atoms with Crippen molar-refractivity contribution >= 4 is 21.7 Å². The molecule has 1 nitrogen and oxygen atoms in total. The van der Waals surface area contributed by atoms with Crippen molar-refractivity contribution in [3.63, 3.8) is 0 Å².